The van der Waals surface area contributed by atoms with Gasteiger partial charge in [0, 0.05) is 20.9 Å². The van der Waals surface area contributed by atoms with Crippen LogP contribution in [0.25, 0.3) is 41.3 Å². The average molecular weight is 1340 g/mol. The molecular formula is C82H136N2O4S4. The molecule has 5 aromatic rings. The summed E-state index contributed by atoms with van der Waals surface area (Å²) in [5.41, 5.74) is 6.45. The molecule has 2 atom stereocenters. The first-order valence-corrected chi connectivity index (χ1v) is 43.0. The number of carbonyl (C=O) groups is 2. The summed E-state index contributed by atoms with van der Waals surface area (Å²) in [4.78, 5) is 41.8. The first-order chi connectivity index (χ1) is 45.3. The molecule has 4 aromatic heterocycles. The fourth-order valence-corrected chi connectivity index (χ4v) is 18.1. The van der Waals surface area contributed by atoms with Crippen LogP contribution in [0.2, 0.25) is 0 Å². The number of thiazole rings is 2. The molecule has 5 rings (SSSR count). The number of hydrogen-bond donors (Lipinski definition) is 0. The van der Waals surface area contributed by atoms with Crippen LogP contribution in [-0.2, 0) is 22.3 Å². The summed E-state index contributed by atoms with van der Waals surface area (Å²) in [5, 5.41) is 5.62. The molecule has 0 aliphatic carbocycles. The second-order valence-corrected chi connectivity index (χ2v) is 32.0. The standard InChI is InChI=1S/C82H136N2O4S4/c1-7-13-19-25-31-35-37-41-47-53-59-87-81(85)79-83-75-73(71-63-69(65-89-71)61-67(55-49-43-29-23-17-11-5)57-51-45-39-33-27-21-15-9-3)78-76(84-80(92-78)82(86)88-60-54-48-42-38-36-32-26-20-14-8-2)74(77(75)91-79)72-64-70(66-90-72)62-68(56-50-44-30-24-18-12-6)58-52-46-40-34-28-22-16-10-4/h63-68H,7-62H2,1-6H3. The number of unbranched alkanes of at least 4 members (excludes halogenated alkanes) is 42. The number of esters is 2. The van der Waals surface area contributed by atoms with Crippen molar-refractivity contribution in [1.82, 2.24) is 9.97 Å². The summed E-state index contributed by atoms with van der Waals surface area (Å²) < 4.78 is 14.2. The molecule has 0 N–H and O–H groups in total. The molecule has 0 amide bonds. The SMILES string of the molecule is CCCCCCCCCCCCOC(=O)c1nc2c(-c3cc(CC(CCCCCCCC)CCCCCCCCCC)cs3)c3sc(C(=O)OCCCCCCCCCCCC)nc3c(-c3cc(CC(CCCCCCCC)CCCCCCCCCC)cs3)c2s1. The van der Waals surface area contributed by atoms with Crippen LogP contribution < -0.4 is 0 Å². The van der Waals surface area contributed by atoms with E-state index >= 15 is 0 Å². The number of nitrogens with zero attached hydrogens (tertiary/aromatic N) is 2. The van der Waals surface area contributed by atoms with E-state index in [1.807, 2.05) is 0 Å². The molecule has 1 aromatic carbocycles. The fraction of sp³-hybridized carbons (Fsp3) is 0.780. The zero-order valence-corrected chi connectivity index (χ0v) is 63.5. The predicted octanol–water partition coefficient (Wildman–Crippen LogP) is 29.4. The molecule has 0 saturated heterocycles. The Hall–Kier alpha value is -2.66. The second-order valence-electron chi connectivity index (χ2n) is 28.2. The van der Waals surface area contributed by atoms with Gasteiger partial charge >= 0.3 is 11.9 Å². The Labute approximate surface area is 581 Å². The predicted molar refractivity (Wildman–Crippen MR) is 409 cm³/mol. The molecule has 0 saturated carbocycles. The number of benzene rings is 1. The quantitative estimate of drug-likeness (QED) is 0.0285. The highest BCUT2D eigenvalue weighted by molar-refractivity contribution is 7.24. The summed E-state index contributed by atoms with van der Waals surface area (Å²) in [7, 11) is 0. The van der Waals surface area contributed by atoms with Crippen LogP contribution in [0, 0.1) is 11.8 Å². The van der Waals surface area contributed by atoms with Gasteiger partial charge in [0.25, 0.3) is 0 Å². The Balaban J connectivity index is 1.50. The summed E-state index contributed by atoms with van der Waals surface area (Å²) >= 11 is 6.54. The Morgan fingerprint density at radius 2 is 0.576 bits per heavy atom. The van der Waals surface area contributed by atoms with Crippen molar-refractivity contribution in [3.05, 3.63) is 44.0 Å². The van der Waals surface area contributed by atoms with Gasteiger partial charge in [-0.2, -0.15) is 0 Å². The van der Waals surface area contributed by atoms with Crippen molar-refractivity contribution in [3.63, 3.8) is 0 Å². The molecule has 0 aliphatic heterocycles. The van der Waals surface area contributed by atoms with Crippen molar-refractivity contribution in [2.45, 2.75) is 388 Å². The van der Waals surface area contributed by atoms with Gasteiger partial charge in [-0.3, -0.25) is 0 Å². The Morgan fingerprint density at radius 3 is 0.837 bits per heavy atom. The van der Waals surface area contributed by atoms with E-state index in [9.17, 15) is 9.59 Å². The molecule has 10 heteroatoms. The van der Waals surface area contributed by atoms with E-state index in [1.54, 1.807) is 22.7 Å². The highest BCUT2D eigenvalue weighted by Crippen LogP contribution is 2.50. The highest BCUT2D eigenvalue weighted by atomic mass is 32.1. The summed E-state index contributed by atoms with van der Waals surface area (Å²) in [6.07, 6.45) is 69.5. The minimum absolute atomic E-state index is 0.331. The minimum atomic E-state index is -0.331. The average Bonchev–Trinajstić information content (AvgIpc) is 1.55. The zero-order valence-electron chi connectivity index (χ0n) is 60.2. The molecule has 6 nitrogen and oxygen atoms in total. The number of ether oxygens (including phenoxy) is 2. The normalized spacial score (nSPS) is 12.5. The van der Waals surface area contributed by atoms with Crippen molar-refractivity contribution in [2.75, 3.05) is 13.2 Å². The van der Waals surface area contributed by atoms with Crippen LogP contribution in [0.5, 0.6) is 0 Å². The van der Waals surface area contributed by atoms with Crippen LogP contribution in [0.1, 0.15) is 406 Å². The van der Waals surface area contributed by atoms with Crippen molar-refractivity contribution in [3.8, 4) is 20.9 Å². The molecular weight excluding hydrogens is 1210 g/mol. The van der Waals surface area contributed by atoms with Gasteiger partial charge in [0.15, 0.2) is 0 Å². The van der Waals surface area contributed by atoms with Crippen molar-refractivity contribution in [1.29, 1.82) is 0 Å². The summed E-state index contributed by atoms with van der Waals surface area (Å²) in [5.74, 6) is 0.646. The Morgan fingerprint density at radius 1 is 0.337 bits per heavy atom. The maximum Gasteiger partial charge on any atom is 0.367 e. The lowest BCUT2D eigenvalue weighted by atomic mass is 9.89. The second kappa shape index (κ2) is 52.5. The van der Waals surface area contributed by atoms with Crippen LogP contribution in [0.15, 0.2) is 22.9 Å². The van der Waals surface area contributed by atoms with E-state index in [2.05, 4.69) is 64.4 Å². The Kier molecular flexibility index (Phi) is 45.6. The number of rotatable bonds is 62. The lowest BCUT2D eigenvalue weighted by Gasteiger charge is -2.16. The molecule has 522 valence electrons. The maximum atomic E-state index is 14.4. The Bertz CT molecular complexity index is 2380. The fourth-order valence-electron chi connectivity index (χ4n) is 13.9. The van der Waals surface area contributed by atoms with Crippen LogP contribution in [0.4, 0.5) is 0 Å². The monoisotopic (exact) mass is 1340 g/mol. The van der Waals surface area contributed by atoms with Gasteiger partial charge in [-0.1, -0.05) is 363 Å². The topological polar surface area (TPSA) is 78.4 Å². The molecule has 0 fully saturated rings. The van der Waals surface area contributed by atoms with E-state index in [0.29, 0.717) is 35.1 Å². The van der Waals surface area contributed by atoms with Crippen LogP contribution in [-0.4, -0.2) is 35.1 Å². The third-order valence-electron chi connectivity index (χ3n) is 19.7. The van der Waals surface area contributed by atoms with E-state index in [0.717, 1.165) is 79.8 Å². The number of fused-ring (bicyclic) bond motifs is 2. The minimum Gasteiger partial charge on any atom is -0.460 e. The molecule has 4 heterocycles. The largest absolute Gasteiger partial charge is 0.460 e. The first-order valence-electron chi connectivity index (χ1n) is 39.6. The van der Waals surface area contributed by atoms with Gasteiger partial charge in [0.05, 0.1) is 33.6 Å². The van der Waals surface area contributed by atoms with Gasteiger partial charge in [0.1, 0.15) is 0 Å². The van der Waals surface area contributed by atoms with E-state index in [4.69, 9.17) is 19.4 Å². The third kappa shape index (κ3) is 32.6. The number of hydrogen-bond acceptors (Lipinski definition) is 10. The lowest BCUT2D eigenvalue weighted by Crippen LogP contribution is -2.06. The lowest BCUT2D eigenvalue weighted by molar-refractivity contribution is 0.0488. The first kappa shape index (κ1) is 80.0. The molecule has 2 unspecified atom stereocenters. The van der Waals surface area contributed by atoms with Crippen LogP contribution in [0.3, 0.4) is 0 Å². The van der Waals surface area contributed by atoms with E-state index < -0.39 is 0 Å². The van der Waals surface area contributed by atoms with E-state index in [-0.39, 0.29) is 11.9 Å². The van der Waals surface area contributed by atoms with Gasteiger partial charge in [-0.15, -0.1) is 45.3 Å². The number of thiophene rings is 2. The summed E-state index contributed by atoms with van der Waals surface area (Å²) in [6.45, 7) is 14.6. The molecule has 0 spiro atoms. The number of carbonyl (C=O) groups excluding carboxylic acids is 2. The summed E-state index contributed by atoms with van der Waals surface area (Å²) in [6, 6.07) is 4.87. The van der Waals surface area contributed by atoms with Gasteiger partial charge < -0.3 is 9.47 Å². The van der Waals surface area contributed by atoms with Gasteiger partial charge in [0.2, 0.25) is 10.0 Å². The van der Waals surface area contributed by atoms with Crippen molar-refractivity contribution < 1.29 is 19.1 Å². The third-order valence-corrected chi connectivity index (χ3v) is 23.8. The van der Waals surface area contributed by atoms with Crippen molar-refractivity contribution in [2.24, 2.45) is 11.8 Å². The smallest absolute Gasteiger partial charge is 0.367 e. The molecule has 0 radical (unpaired) electrons. The van der Waals surface area contributed by atoms with Gasteiger partial charge in [-0.05, 0) is 71.5 Å². The molecule has 0 aliphatic rings. The molecule has 0 bridgehead atoms. The van der Waals surface area contributed by atoms with Crippen LogP contribution >= 0.6 is 45.3 Å². The number of aromatic nitrogens is 2. The van der Waals surface area contributed by atoms with E-state index in [1.165, 1.54) is 342 Å². The molecule has 92 heavy (non-hydrogen) atoms. The zero-order chi connectivity index (χ0) is 65.3. The maximum absolute atomic E-state index is 14.4. The van der Waals surface area contributed by atoms with Crippen molar-refractivity contribution >= 4 is 77.7 Å². The highest BCUT2D eigenvalue weighted by Gasteiger charge is 2.29. The van der Waals surface area contributed by atoms with Gasteiger partial charge in [-0.25, -0.2) is 19.6 Å².